The van der Waals surface area contributed by atoms with E-state index in [0.29, 0.717) is 17.8 Å². The first kappa shape index (κ1) is 14.9. The van der Waals surface area contributed by atoms with Crippen molar-refractivity contribution in [3.63, 3.8) is 0 Å². The Labute approximate surface area is 121 Å². The predicted molar refractivity (Wildman–Crippen MR) is 72.7 cm³/mol. The highest BCUT2D eigenvalue weighted by atomic mass is 35.5. The molecule has 0 aliphatic carbocycles. The number of benzene rings is 1. The summed E-state index contributed by atoms with van der Waals surface area (Å²) in [6.07, 6.45) is 1.76. The highest BCUT2D eigenvalue weighted by Gasteiger charge is 2.15. The van der Waals surface area contributed by atoms with E-state index in [0.717, 1.165) is 0 Å². The largest absolute Gasteiger partial charge is 0.392 e. The number of hydrogen-bond acceptors (Lipinski definition) is 5. The van der Waals surface area contributed by atoms with Gasteiger partial charge >= 0.3 is 0 Å². The van der Waals surface area contributed by atoms with Crippen molar-refractivity contribution in [1.82, 2.24) is 19.9 Å². The van der Waals surface area contributed by atoms with Crippen LogP contribution >= 0.6 is 11.6 Å². The minimum Gasteiger partial charge on any atom is -0.392 e. The molecule has 2 rings (SSSR count). The second-order valence-electron chi connectivity index (χ2n) is 3.99. The third kappa shape index (κ3) is 3.54. The van der Waals surface area contributed by atoms with E-state index in [1.54, 1.807) is 0 Å². The van der Waals surface area contributed by atoms with Crippen LogP contribution in [-0.2, 0) is 23.1 Å². The van der Waals surface area contributed by atoms with Crippen molar-refractivity contribution in [2.45, 2.75) is 17.9 Å². The fourth-order valence-corrected chi connectivity index (χ4v) is 2.92. The van der Waals surface area contributed by atoms with Crippen molar-refractivity contribution in [3.8, 4) is 0 Å². The highest BCUT2D eigenvalue weighted by molar-refractivity contribution is 7.89. The summed E-state index contributed by atoms with van der Waals surface area (Å²) >= 11 is 5.88. The normalized spacial score (nSPS) is 11.7. The maximum absolute atomic E-state index is 12.0. The number of aliphatic hydroxyl groups excluding tert-OH is 1. The number of hydrogen-bond donors (Lipinski definition) is 3. The molecule has 0 aliphatic rings. The van der Waals surface area contributed by atoms with Crippen LogP contribution in [0.1, 0.15) is 11.4 Å². The molecular weight excluding hydrogens is 304 g/mol. The standard InChI is InChI=1S/C11H13ClN4O3S/c12-10-5-9(2-1-8(10)6-17)20(18,19)15-4-3-11-13-7-14-16-11/h1-2,5,7,15,17H,3-4,6H2,(H,13,14,16). The molecule has 0 amide bonds. The SMILES string of the molecule is O=S(=O)(NCCc1ncn[nH]1)c1ccc(CO)c(Cl)c1. The van der Waals surface area contributed by atoms with Crippen molar-refractivity contribution < 1.29 is 13.5 Å². The molecule has 0 saturated carbocycles. The van der Waals surface area contributed by atoms with E-state index in [9.17, 15) is 8.42 Å². The van der Waals surface area contributed by atoms with Crippen LogP contribution in [0.5, 0.6) is 0 Å². The molecule has 1 aromatic heterocycles. The molecule has 2 aromatic rings. The molecule has 0 fully saturated rings. The molecule has 108 valence electrons. The Hall–Kier alpha value is -1.48. The lowest BCUT2D eigenvalue weighted by atomic mass is 10.2. The molecule has 0 unspecified atom stereocenters. The molecule has 0 radical (unpaired) electrons. The van der Waals surface area contributed by atoms with Crippen LogP contribution in [-0.4, -0.2) is 35.3 Å². The summed E-state index contributed by atoms with van der Waals surface area (Å²) in [5.41, 5.74) is 0.479. The maximum Gasteiger partial charge on any atom is 0.240 e. The van der Waals surface area contributed by atoms with Crippen LogP contribution in [0.4, 0.5) is 0 Å². The second-order valence-corrected chi connectivity index (χ2v) is 6.17. The van der Waals surface area contributed by atoms with Crippen LogP contribution in [0.25, 0.3) is 0 Å². The van der Waals surface area contributed by atoms with E-state index in [4.69, 9.17) is 16.7 Å². The van der Waals surface area contributed by atoms with Gasteiger partial charge in [0.2, 0.25) is 10.0 Å². The molecule has 1 heterocycles. The number of halogens is 1. The maximum atomic E-state index is 12.0. The minimum absolute atomic E-state index is 0.0530. The Morgan fingerprint density at radius 3 is 2.80 bits per heavy atom. The average Bonchev–Trinajstić information content (AvgIpc) is 2.91. The predicted octanol–water partition coefficient (Wildman–Crippen LogP) is 0.471. The first-order valence-electron chi connectivity index (χ1n) is 5.76. The van der Waals surface area contributed by atoms with Gasteiger partial charge in [-0.3, -0.25) is 5.10 Å². The zero-order valence-electron chi connectivity index (χ0n) is 10.4. The van der Waals surface area contributed by atoms with Crippen LogP contribution in [0.2, 0.25) is 5.02 Å². The number of nitrogens with zero attached hydrogens (tertiary/aromatic N) is 2. The van der Waals surface area contributed by atoms with Gasteiger partial charge in [0, 0.05) is 18.0 Å². The molecule has 1 aromatic carbocycles. The number of H-pyrrole nitrogens is 1. The van der Waals surface area contributed by atoms with E-state index in [-0.39, 0.29) is 23.1 Å². The zero-order chi connectivity index (χ0) is 14.6. The fourth-order valence-electron chi connectivity index (χ4n) is 1.56. The molecule has 0 spiro atoms. The number of nitrogens with one attached hydrogen (secondary N) is 2. The Balaban J connectivity index is 2.04. The first-order valence-corrected chi connectivity index (χ1v) is 7.62. The molecule has 3 N–H and O–H groups in total. The summed E-state index contributed by atoms with van der Waals surface area (Å²) in [7, 11) is -3.64. The molecule has 0 bridgehead atoms. The molecular formula is C11H13ClN4O3S. The van der Waals surface area contributed by atoms with Gasteiger partial charge in [-0.05, 0) is 17.7 Å². The van der Waals surface area contributed by atoms with E-state index >= 15 is 0 Å². The number of aromatic amines is 1. The average molecular weight is 317 g/mol. The minimum atomic E-state index is -3.64. The molecule has 9 heteroatoms. The Morgan fingerprint density at radius 1 is 1.40 bits per heavy atom. The smallest absolute Gasteiger partial charge is 0.240 e. The summed E-state index contributed by atoms with van der Waals surface area (Å²) in [5, 5.41) is 15.5. The van der Waals surface area contributed by atoms with Gasteiger partial charge in [0.05, 0.1) is 11.5 Å². The highest BCUT2D eigenvalue weighted by Crippen LogP contribution is 2.20. The Morgan fingerprint density at radius 2 is 2.20 bits per heavy atom. The summed E-state index contributed by atoms with van der Waals surface area (Å²) < 4.78 is 26.5. The van der Waals surface area contributed by atoms with Gasteiger partial charge < -0.3 is 5.11 Å². The van der Waals surface area contributed by atoms with Crippen molar-refractivity contribution >= 4 is 21.6 Å². The van der Waals surface area contributed by atoms with E-state index in [1.807, 2.05) is 0 Å². The lowest BCUT2D eigenvalue weighted by Crippen LogP contribution is -2.26. The van der Waals surface area contributed by atoms with Gasteiger partial charge in [0.1, 0.15) is 12.2 Å². The van der Waals surface area contributed by atoms with Gasteiger partial charge in [-0.15, -0.1) is 0 Å². The number of aliphatic hydroxyl groups is 1. The van der Waals surface area contributed by atoms with Crippen LogP contribution in [0.3, 0.4) is 0 Å². The number of aromatic nitrogens is 3. The van der Waals surface area contributed by atoms with Gasteiger partial charge in [0.15, 0.2) is 0 Å². The lowest BCUT2D eigenvalue weighted by Gasteiger charge is -2.08. The summed E-state index contributed by atoms with van der Waals surface area (Å²) in [5.74, 6) is 0.598. The second kappa shape index (κ2) is 6.31. The van der Waals surface area contributed by atoms with Crippen molar-refractivity contribution in [2.24, 2.45) is 0 Å². The number of sulfonamides is 1. The monoisotopic (exact) mass is 316 g/mol. The van der Waals surface area contributed by atoms with Gasteiger partial charge in [-0.2, -0.15) is 5.10 Å². The third-order valence-electron chi connectivity index (χ3n) is 2.62. The molecule has 0 saturated heterocycles. The fraction of sp³-hybridized carbons (Fsp3) is 0.273. The lowest BCUT2D eigenvalue weighted by molar-refractivity contribution is 0.282. The molecule has 7 nitrogen and oxygen atoms in total. The Bertz CT molecular complexity index is 673. The topological polar surface area (TPSA) is 108 Å². The summed E-state index contributed by atoms with van der Waals surface area (Å²) in [4.78, 5) is 3.95. The van der Waals surface area contributed by atoms with Gasteiger partial charge in [0.25, 0.3) is 0 Å². The number of rotatable bonds is 6. The Kier molecular flexibility index (Phi) is 4.71. The molecule has 20 heavy (non-hydrogen) atoms. The van der Waals surface area contributed by atoms with Gasteiger partial charge in [-0.1, -0.05) is 17.7 Å². The van der Waals surface area contributed by atoms with E-state index < -0.39 is 10.0 Å². The third-order valence-corrected chi connectivity index (χ3v) is 4.43. The van der Waals surface area contributed by atoms with Crippen molar-refractivity contribution in [3.05, 3.63) is 40.9 Å². The van der Waals surface area contributed by atoms with Crippen LogP contribution < -0.4 is 4.72 Å². The van der Waals surface area contributed by atoms with Crippen molar-refractivity contribution in [1.29, 1.82) is 0 Å². The molecule has 0 aliphatic heterocycles. The van der Waals surface area contributed by atoms with Crippen LogP contribution in [0, 0.1) is 0 Å². The summed E-state index contributed by atoms with van der Waals surface area (Å²) in [6.45, 7) is -0.0466. The van der Waals surface area contributed by atoms with Crippen LogP contribution in [0.15, 0.2) is 29.4 Å². The molecule has 0 atom stereocenters. The van der Waals surface area contributed by atoms with E-state index in [1.165, 1.54) is 24.5 Å². The van der Waals surface area contributed by atoms with Crippen molar-refractivity contribution in [2.75, 3.05) is 6.54 Å². The first-order chi connectivity index (χ1) is 9.53. The van der Waals surface area contributed by atoms with Gasteiger partial charge in [-0.25, -0.2) is 18.1 Å². The van der Waals surface area contributed by atoms with E-state index in [2.05, 4.69) is 19.9 Å². The quantitative estimate of drug-likeness (QED) is 0.718. The summed E-state index contributed by atoms with van der Waals surface area (Å²) in [6, 6.07) is 4.19. The zero-order valence-corrected chi connectivity index (χ0v) is 11.9.